The molecule has 2 aromatic rings. The molecular weight excluding hydrogens is 302 g/mol. The summed E-state index contributed by atoms with van der Waals surface area (Å²) in [4.78, 5) is 13.9. The standard InChI is InChI=1S/C20H21NO3/c1-13-10-21(11-19(13)22)20(23)24-12-18-16-8-4-2-6-14(16)15-7-3-5-9-17(15)18/h2-9,13,18-19,22H,10-12H2,1H3/t13-,19-/m0/s1. The molecule has 1 N–H and O–H groups in total. The van der Waals surface area contributed by atoms with Gasteiger partial charge in [0, 0.05) is 18.4 Å². The lowest BCUT2D eigenvalue weighted by molar-refractivity contribution is 0.100. The molecule has 4 nitrogen and oxygen atoms in total. The van der Waals surface area contributed by atoms with E-state index in [0.29, 0.717) is 19.7 Å². The van der Waals surface area contributed by atoms with Crippen LogP contribution in [0.3, 0.4) is 0 Å². The van der Waals surface area contributed by atoms with Crippen molar-refractivity contribution in [2.24, 2.45) is 5.92 Å². The first-order valence-corrected chi connectivity index (χ1v) is 8.43. The molecular formula is C20H21NO3. The van der Waals surface area contributed by atoms with Gasteiger partial charge in [0.1, 0.15) is 6.61 Å². The highest BCUT2D eigenvalue weighted by molar-refractivity contribution is 5.79. The van der Waals surface area contributed by atoms with Crippen molar-refractivity contribution in [3.63, 3.8) is 0 Å². The van der Waals surface area contributed by atoms with Crippen molar-refractivity contribution in [2.45, 2.75) is 18.9 Å². The normalized spacial score (nSPS) is 22.3. The molecule has 4 rings (SSSR count). The number of carbonyl (C=O) groups excluding carboxylic acids is 1. The quantitative estimate of drug-likeness (QED) is 0.923. The summed E-state index contributed by atoms with van der Waals surface area (Å²) in [6.07, 6.45) is -0.786. The molecule has 1 saturated heterocycles. The van der Waals surface area contributed by atoms with Gasteiger partial charge in [-0.2, -0.15) is 0 Å². The number of hydrogen-bond donors (Lipinski definition) is 1. The molecule has 0 bridgehead atoms. The molecule has 0 aromatic heterocycles. The minimum absolute atomic E-state index is 0.0753. The van der Waals surface area contributed by atoms with Crippen LogP contribution < -0.4 is 0 Å². The second kappa shape index (κ2) is 5.95. The Kier molecular flexibility index (Phi) is 3.77. The average molecular weight is 323 g/mol. The maximum absolute atomic E-state index is 12.3. The highest BCUT2D eigenvalue weighted by atomic mass is 16.6. The number of likely N-dealkylation sites (tertiary alicyclic amines) is 1. The monoisotopic (exact) mass is 323 g/mol. The lowest BCUT2D eigenvalue weighted by atomic mass is 9.98. The summed E-state index contributed by atoms with van der Waals surface area (Å²) >= 11 is 0. The van der Waals surface area contributed by atoms with E-state index in [-0.39, 0.29) is 17.9 Å². The molecule has 1 aliphatic carbocycles. The van der Waals surface area contributed by atoms with Crippen molar-refractivity contribution in [1.82, 2.24) is 4.90 Å². The van der Waals surface area contributed by atoms with Gasteiger partial charge in [-0.3, -0.25) is 0 Å². The molecule has 4 heteroatoms. The van der Waals surface area contributed by atoms with E-state index in [4.69, 9.17) is 4.74 Å². The molecule has 2 atom stereocenters. The first-order valence-electron chi connectivity index (χ1n) is 8.43. The predicted octanol–water partition coefficient (Wildman–Crippen LogP) is 3.25. The van der Waals surface area contributed by atoms with Crippen LogP contribution in [0.2, 0.25) is 0 Å². The number of ether oxygens (including phenoxy) is 1. The number of β-amino-alcohol motifs (C(OH)–C–C–N with tert-alkyl or cyclic N) is 1. The Morgan fingerprint density at radius 3 is 2.21 bits per heavy atom. The first-order chi connectivity index (χ1) is 11.6. The lowest BCUT2D eigenvalue weighted by Gasteiger charge is -2.19. The van der Waals surface area contributed by atoms with Gasteiger partial charge in [-0.15, -0.1) is 0 Å². The predicted molar refractivity (Wildman–Crippen MR) is 91.8 cm³/mol. The van der Waals surface area contributed by atoms with Gasteiger partial charge in [-0.05, 0) is 22.3 Å². The van der Waals surface area contributed by atoms with Gasteiger partial charge < -0.3 is 14.7 Å². The number of aliphatic hydroxyl groups is 1. The fraction of sp³-hybridized carbons (Fsp3) is 0.350. The van der Waals surface area contributed by atoms with E-state index in [1.807, 2.05) is 31.2 Å². The van der Waals surface area contributed by atoms with Crippen molar-refractivity contribution in [1.29, 1.82) is 0 Å². The fourth-order valence-corrected chi connectivity index (χ4v) is 3.78. The lowest BCUT2D eigenvalue weighted by Crippen LogP contribution is -2.31. The Balaban J connectivity index is 1.52. The third kappa shape index (κ3) is 2.47. The topological polar surface area (TPSA) is 49.8 Å². The maximum atomic E-state index is 12.3. The number of fused-ring (bicyclic) bond motifs is 3. The largest absolute Gasteiger partial charge is 0.448 e. The summed E-state index contributed by atoms with van der Waals surface area (Å²) in [5.41, 5.74) is 4.86. The molecule has 1 fully saturated rings. The number of nitrogens with zero attached hydrogens (tertiary/aromatic N) is 1. The Bertz CT molecular complexity index is 717. The minimum Gasteiger partial charge on any atom is -0.448 e. The van der Waals surface area contributed by atoms with Crippen molar-refractivity contribution in [3.05, 3.63) is 59.7 Å². The first kappa shape index (κ1) is 15.2. The zero-order valence-electron chi connectivity index (χ0n) is 13.7. The number of benzene rings is 2. The van der Waals surface area contributed by atoms with Crippen LogP contribution in [0.15, 0.2) is 48.5 Å². The van der Waals surface area contributed by atoms with Crippen molar-refractivity contribution in [3.8, 4) is 11.1 Å². The minimum atomic E-state index is -0.453. The molecule has 24 heavy (non-hydrogen) atoms. The van der Waals surface area contributed by atoms with E-state index in [2.05, 4.69) is 24.3 Å². The molecule has 0 radical (unpaired) electrons. The number of rotatable bonds is 2. The van der Waals surface area contributed by atoms with E-state index in [1.165, 1.54) is 22.3 Å². The number of hydrogen-bond acceptors (Lipinski definition) is 3. The molecule has 0 unspecified atom stereocenters. The number of amides is 1. The van der Waals surface area contributed by atoms with Gasteiger partial charge in [0.25, 0.3) is 0 Å². The SMILES string of the molecule is C[C@H]1CN(C(=O)OCC2c3ccccc3-c3ccccc32)C[C@@H]1O. The van der Waals surface area contributed by atoms with Crippen LogP contribution in [0.4, 0.5) is 4.79 Å². The van der Waals surface area contributed by atoms with Gasteiger partial charge in [0.05, 0.1) is 12.6 Å². The van der Waals surface area contributed by atoms with Gasteiger partial charge >= 0.3 is 6.09 Å². The fourth-order valence-electron chi connectivity index (χ4n) is 3.78. The van der Waals surface area contributed by atoms with Crippen LogP contribution in [-0.4, -0.2) is 41.9 Å². The van der Waals surface area contributed by atoms with E-state index in [1.54, 1.807) is 4.90 Å². The summed E-state index contributed by atoms with van der Waals surface area (Å²) in [6, 6.07) is 16.6. The van der Waals surface area contributed by atoms with Crippen molar-refractivity contribution >= 4 is 6.09 Å². The molecule has 0 spiro atoms. The van der Waals surface area contributed by atoms with Crippen LogP contribution in [0.5, 0.6) is 0 Å². The van der Waals surface area contributed by atoms with Gasteiger partial charge in [-0.1, -0.05) is 55.5 Å². The molecule has 1 heterocycles. The molecule has 0 saturated carbocycles. The molecule has 2 aromatic carbocycles. The summed E-state index contributed by atoms with van der Waals surface area (Å²) < 4.78 is 5.60. The molecule has 2 aliphatic rings. The Hall–Kier alpha value is -2.33. The summed E-state index contributed by atoms with van der Waals surface area (Å²) in [7, 11) is 0. The van der Waals surface area contributed by atoms with Crippen LogP contribution in [0.25, 0.3) is 11.1 Å². The smallest absolute Gasteiger partial charge is 0.409 e. The third-order valence-electron chi connectivity index (χ3n) is 5.17. The van der Waals surface area contributed by atoms with Crippen molar-refractivity contribution in [2.75, 3.05) is 19.7 Å². The summed E-state index contributed by atoms with van der Waals surface area (Å²) in [5.74, 6) is 0.178. The highest BCUT2D eigenvalue weighted by Gasteiger charge is 2.33. The zero-order valence-corrected chi connectivity index (χ0v) is 13.7. The molecule has 1 amide bonds. The van der Waals surface area contributed by atoms with Crippen LogP contribution in [0.1, 0.15) is 24.0 Å². The second-order valence-corrected chi connectivity index (χ2v) is 6.75. The highest BCUT2D eigenvalue weighted by Crippen LogP contribution is 2.44. The van der Waals surface area contributed by atoms with Gasteiger partial charge in [0.15, 0.2) is 0 Å². The van der Waals surface area contributed by atoms with Crippen LogP contribution in [0, 0.1) is 5.92 Å². The Labute approximate surface area is 141 Å². The van der Waals surface area contributed by atoms with E-state index < -0.39 is 6.10 Å². The average Bonchev–Trinajstić information content (AvgIpc) is 3.11. The number of aliphatic hydroxyl groups excluding tert-OH is 1. The van der Waals surface area contributed by atoms with E-state index >= 15 is 0 Å². The Morgan fingerprint density at radius 2 is 1.67 bits per heavy atom. The maximum Gasteiger partial charge on any atom is 0.409 e. The van der Waals surface area contributed by atoms with Gasteiger partial charge in [0.2, 0.25) is 0 Å². The Morgan fingerprint density at radius 1 is 1.08 bits per heavy atom. The van der Waals surface area contributed by atoms with Crippen LogP contribution in [-0.2, 0) is 4.74 Å². The molecule has 1 aliphatic heterocycles. The van der Waals surface area contributed by atoms with Gasteiger partial charge in [-0.25, -0.2) is 4.79 Å². The van der Waals surface area contributed by atoms with E-state index in [9.17, 15) is 9.90 Å². The molecule has 124 valence electrons. The summed E-state index contributed by atoms with van der Waals surface area (Å²) in [5, 5.41) is 9.81. The summed E-state index contributed by atoms with van der Waals surface area (Å²) in [6.45, 7) is 3.19. The van der Waals surface area contributed by atoms with Crippen molar-refractivity contribution < 1.29 is 14.6 Å². The second-order valence-electron chi connectivity index (χ2n) is 6.75. The third-order valence-corrected chi connectivity index (χ3v) is 5.17. The number of carbonyl (C=O) groups is 1. The van der Waals surface area contributed by atoms with E-state index in [0.717, 1.165) is 0 Å². The van der Waals surface area contributed by atoms with Crippen LogP contribution >= 0.6 is 0 Å². The zero-order chi connectivity index (χ0) is 16.7.